The molecule has 2 aliphatic rings. The second-order valence-corrected chi connectivity index (χ2v) is 8.73. The molecular weight excluding hydrogens is 302 g/mol. The van der Waals surface area contributed by atoms with Gasteiger partial charge in [-0.1, -0.05) is 0 Å². The lowest BCUT2D eigenvalue weighted by Crippen LogP contribution is -2.49. The van der Waals surface area contributed by atoms with Gasteiger partial charge in [-0.3, -0.25) is 14.6 Å². The summed E-state index contributed by atoms with van der Waals surface area (Å²) >= 11 is 0. The molecule has 2 rings (SSSR count). The molecule has 2 fully saturated rings. The topological polar surface area (TPSA) is 56.6 Å². The summed E-state index contributed by atoms with van der Waals surface area (Å²) in [5, 5.41) is 9.28. The van der Waals surface area contributed by atoms with Crippen LogP contribution in [0.5, 0.6) is 0 Å². The normalized spacial score (nSPS) is 26.5. The smallest absolute Gasteiger partial charge is 0.323 e. The van der Waals surface area contributed by atoms with Gasteiger partial charge in [0.2, 0.25) is 0 Å². The summed E-state index contributed by atoms with van der Waals surface area (Å²) in [5.74, 6) is -0.0866. The van der Waals surface area contributed by atoms with Crippen molar-refractivity contribution in [1.29, 1.82) is 5.26 Å². The van der Waals surface area contributed by atoms with Crippen molar-refractivity contribution >= 4 is 5.97 Å². The van der Waals surface area contributed by atoms with E-state index in [1.807, 2.05) is 0 Å². The van der Waals surface area contributed by atoms with Crippen molar-refractivity contribution in [2.24, 2.45) is 0 Å². The molecule has 0 aliphatic carbocycles. The van der Waals surface area contributed by atoms with Gasteiger partial charge in [0.15, 0.2) is 0 Å². The van der Waals surface area contributed by atoms with Gasteiger partial charge < -0.3 is 4.74 Å². The van der Waals surface area contributed by atoms with Crippen molar-refractivity contribution in [1.82, 2.24) is 9.80 Å². The third-order valence-corrected chi connectivity index (χ3v) is 5.52. The van der Waals surface area contributed by atoms with Crippen LogP contribution in [0.1, 0.15) is 66.7 Å². The molecule has 24 heavy (non-hydrogen) atoms. The molecule has 2 aliphatic heterocycles. The first-order chi connectivity index (χ1) is 11.2. The second kappa shape index (κ2) is 7.41. The maximum atomic E-state index is 12.5. The van der Waals surface area contributed by atoms with E-state index in [9.17, 15) is 10.1 Å². The fraction of sp³-hybridized carbons (Fsp3) is 0.895. The molecule has 0 aromatic heterocycles. The molecule has 5 nitrogen and oxygen atoms in total. The third-order valence-electron chi connectivity index (χ3n) is 5.52. The number of rotatable bonds is 5. The highest BCUT2D eigenvalue weighted by atomic mass is 16.5. The van der Waals surface area contributed by atoms with Crippen LogP contribution in [0.4, 0.5) is 0 Å². The summed E-state index contributed by atoms with van der Waals surface area (Å²) in [5.41, 5.74) is -0.119. The predicted molar refractivity (Wildman–Crippen MR) is 94.5 cm³/mol. The van der Waals surface area contributed by atoms with Crippen molar-refractivity contribution in [2.45, 2.75) is 89.9 Å². The van der Waals surface area contributed by atoms with Crippen LogP contribution in [0.3, 0.4) is 0 Å². The lowest BCUT2D eigenvalue weighted by molar-refractivity contribution is -0.151. The average molecular weight is 335 g/mol. The Labute approximate surface area is 146 Å². The van der Waals surface area contributed by atoms with Gasteiger partial charge >= 0.3 is 5.97 Å². The van der Waals surface area contributed by atoms with Crippen molar-refractivity contribution in [3.05, 3.63) is 0 Å². The Kier molecular flexibility index (Phi) is 5.93. The van der Waals surface area contributed by atoms with Crippen LogP contribution in [-0.2, 0) is 9.53 Å². The first-order valence-corrected chi connectivity index (χ1v) is 9.26. The van der Waals surface area contributed by atoms with E-state index in [1.54, 1.807) is 0 Å². The molecule has 136 valence electrons. The zero-order chi connectivity index (χ0) is 18.0. The standard InChI is InChI=1S/C19H33N3O2/c1-18(2,3)22-12-7-9-16(22)17(23)24-13-10-19(4,5)21-11-6-8-15(21)14-20/h15-16H,6-13H2,1-5H3/t15-,16?/m0/s1. The fourth-order valence-electron chi connectivity index (χ4n) is 4.08. The first-order valence-electron chi connectivity index (χ1n) is 9.26. The first kappa shape index (κ1) is 19.2. The summed E-state index contributed by atoms with van der Waals surface area (Å²) in [7, 11) is 0. The van der Waals surface area contributed by atoms with Crippen LogP contribution >= 0.6 is 0 Å². The predicted octanol–water partition coefficient (Wildman–Crippen LogP) is 2.95. The number of hydrogen-bond donors (Lipinski definition) is 0. The van der Waals surface area contributed by atoms with Gasteiger partial charge in [-0.15, -0.1) is 0 Å². The molecule has 0 N–H and O–H groups in total. The number of ether oxygens (including phenoxy) is 1. The molecule has 0 bridgehead atoms. The van der Waals surface area contributed by atoms with Gasteiger partial charge in [0.05, 0.1) is 18.7 Å². The van der Waals surface area contributed by atoms with E-state index in [-0.39, 0.29) is 29.1 Å². The molecule has 0 aromatic rings. The molecule has 1 unspecified atom stereocenters. The Balaban J connectivity index is 1.85. The monoisotopic (exact) mass is 335 g/mol. The molecule has 2 saturated heterocycles. The number of likely N-dealkylation sites (tertiary alicyclic amines) is 2. The van der Waals surface area contributed by atoms with Gasteiger partial charge in [-0.25, -0.2) is 0 Å². The number of esters is 1. The van der Waals surface area contributed by atoms with E-state index in [0.29, 0.717) is 6.61 Å². The highest BCUT2D eigenvalue weighted by Gasteiger charge is 2.39. The Morgan fingerprint density at radius 3 is 2.38 bits per heavy atom. The van der Waals surface area contributed by atoms with E-state index in [4.69, 9.17) is 4.74 Å². The van der Waals surface area contributed by atoms with Crippen LogP contribution in [0.25, 0.3) is 0 Å². The van der Waals surface area contributed by atoms with E-state index in [0.717, 1.165) is 45.2 Å². The van der Waals surface area contributed by atoms with Gasteiger partial charge in [-0.05, 0) is 73.3 Å². The minimum Gasteiger partial charge on any atom is -0.464 e. The third kappa shape index (κ3) is 4.29. The lowest BCUT2D eigenvalue weighted by atomic mass is 9.97. The molecule has 0 aromatic carbocycles. The Hall–Kier alpha value is -1.12. The molecule has 0 saturated carbocycles. The van der Waals surface area contributed by atoms with Crippen molar-refractivity contribution in [3.8, 4) is 6.07 Å². The molecule has 0 spiro atoms. The molecule has 0 amide bonds. The number of nitriles is 1. The average Bonchev–Trinajstić information content (AvgIpc) is 3.15. The highest BCUT2D eigenvalue weighted by Crippen LogP contribution is 2.30. The van der Waals surface area contributed by atoms with Crippen LogP contribution in [0, 0.1) is 11.3 Å². The summed E-state index contributed by atoms with van der Waals surface area (Å²) in [6, 6.07) is 2.29. The van der Waals surface area contributed by atoms with Gasteiger partial charge in [0.25, 0.3) is 0 Å². The number of carbonyl (C=O) groups is 1. The zero-order valence-electron chi connectivity index (χ0n) is 16.0. The molecule has 0 radical (unpaired) electrons. The fourth-order valence-corrected chi connectivity index (χ4v) is 4.08. The van der Waals surface area contributed by atoms with Crippen molar-refractivity contribution < 1.29 is 9.53 Å². The molecule has 5 heteroatoms. The Morgan fingerprint density at radius 2 is 1.75 bits per heavy atom. The van der Waals surface area contributed by atoms with Gasteiger partial charge in [0, 0.05) is 17.6 Å². The van der Waals surface area contributed by atoms with E-state index in [1.165, 1.54) is 0 Å². The summed E-state index contributed by atoms with van der Waals surface area (Å²) < 4.78 is 5.63. The maximum absolute atomic E-state index is 12.5. The minimum atomic E-state index is -0.115. The quantitative estimate of drug-likeness (QED) is 0.723. The van der Waals surface area contributed by atoms with Gasteiger partial charge in [0.1, 0.15) is 6.04 Å². The SMILES string of the molecule is CC(C)(C)N1CCCC1C(=O)OCCC(C)(C)N1CCC[C@H]1C#N. The lowest BCUT2D eigenvalue weighted by Gasteiger charge is -2.38. The Morgan fingerprint density at radius 1 is 1.12 bits per heavy atom. The van der Waals surface area contributed by atoms with E-state index < -0.39 is 0 Å². The number of carbonyl (C=O) groups excluding carboxylic acids is 1. The molecular formula is C19H33N3O2. The summed E-state index contributed by atoms with van der Waals surface area (Å²) in [4.78, 5) is 17.0. The second-order valence-electron chi connectivity index (χ2n) is 8.73. The van der Waals surface area contributed by atoms with Crippen LogP contribution < -0.4 is 0 Å². The van der Waals surface area contributed by atoms with Crippen molar-refractivity contribution in [2.75, 3.05) is 19.7 Å². The van der Waals surface area contributed by atoms with Crippen LogP contribution in [0.15, 0.2) is 0 Å². The molecule has 2 atom stereocenters. The largest absolute Gasteiger partial charge is 0.464 e. The Bertz CT molecular complexity index is 490. The zero-order valence-corrected chi connectivity index (χ0v) is 16.0. The van der Waals surface area contributed by atoms with Crippen LogP contribution in [-0.4, -0.2) is 58.6 Å². The van der Waals surface area contributed by atoms with E-state index in [2.05, 4.69) is 50.5 Å². The highest BCUT2D eigenvalue weighted by molar-refractivity contribution is 5.76. The van der Waals surface area contributed by atoms with Crippen molar-refractivity contribution in [3.63, 3.8) is 0 Å². The summed E-state index contributed by atoms with van der Waals surface area (Å²) in [6.07, 6.45) is 4.73. The van der Waals surface area contributed by atoms with Crippen LogP contribution in [0.2, 0.25) is 0 Å². The summed E-state index contributed by atoms with van der Waals surface area (Å²) in [6.45, 7) is 13.1. The van der Waals surface area contributed by atoms with Gasteiger partial charge in [-0.2, -0.15) is 5.26 Å². The minimum absolute atomic E-state index is 0.00177. The number of hydrogen-bond acceptors (Lipinski definition) is 5. The van der Waals surface area contributed by atoms with E-state index >= 15 is 0 Å². The molecule has 2 heterocycles. The number of nitrogens with zero attached hydrogens (tertiary/aromatic N) is 3. The maximum Gasteiger partial charge on any atom is 0.323 e.